The van der Waals surface area contributed by atoms with Gasteiger partial charge in [-0.3, -0.25) is 0 Å². The van der Waals surface area contributed by atoms with E-state index in [9.17, 15) is 48.1 Å². The van der Waals surface area contributed by atoms with Crippen molar-refractivity contribution in [2.24, 2.45) is 0 Å². The Morgan fingerprint density at radius 2 is 1.20 bits per heavy atom. The number of alkyl halides is 8. The van der Waals surface area contributed by atoms with Gasteiger partial charge in [-0.2, -0.15) is 30.7 Å². The van der Waals surface area contributed by atoms with Gasteiger partial charge in [0.25, 0.3) is 0 Å². The average molecular weight is 400 g/mol. The zero-order chi connectivity index (χ0) is 19.2. The SMILES string of the molecule is O=S(=O)([O-])C(F)(F)C(F)(F)C(F)CCCCCCCCC(F)(F)F.[Li+]. The second kappa shape index (κ2) is 10.3. The molecule has 0 aromatic carbocycles. The molecule has 0 spiro atoms. The average Bonchev–Trinajstić information content (AvgIpc) is 2.38. The van der Waals surface area contributed by atoms with Gasteiger partial charge in [0.15, 0.2) is 16.3 Å². The molecule has 0 aromatic heterocycles. The van der Waals surface area contributed by atoms with E-state index in [4.69, 9.17) is 0 Å². The van der Waals surface area contributed by atoms with Crippen LogP contribution in [0.1, 0.15) is 51.4 Å². The van der Waals surface area contributed by atoms with E-state index in [1.807, 2.05) is 0 Å². The maximum atomic E-state index is 13.2. The topological polar surface area (TPSA) is 57.2 Å². The first-order valence-corrected chi connectivity index (χ1v) is 8.45. The third-order valence-electron chi connectivity index (χ3n) is 3.26. The molecule has 0 fully saturated rings. The molecule has 3 nitrogen and oxygen atoms in total. The molecule has 0 radical (unpaired) electrons. The third kappa shape index (κ3) is 8.93. The molecule has 0 saturated heterocycles. The maximum absolute atomic E-state index is 13.2. The third-order valence-corrected chi connectivity index (χ3v) is 4.16. The van der Waals surface area contributed by atoms with Crippen LogP contribution in [0, 0.1) is 0 Å². The predicted octanol–water partition coefficient (Wildman–Crippen LogP) is 1.78. The second-order valence-corrected chi connectivity index (χ2v) is 6.76. The van der Waals surface area contributed by atoms with Gasteiger partial charge in [-0.25, -0.2) is 12.8 Å². The number of rotatable bonds is 11. The van der Waals surface area contributed by atoms with E-state index in [1.165, 1.54) is 0 Å². The fraction of sp³-hybridized carbons (Fsp3) is 1.00. The van der Waals surface area contributed by atoms with E-state index in [0.717, 1.165) is 0 Å². The molecule has 0 amide bonds. The molecular weight excluding hydrogens is 383 g/mol. The number of hydrogen-bond donors (Lipinski definition) is 0. The largest absolute Gasteiger partial charge is 1.00 e. The van der Waals surface area contributed by atoms with Gasteiger partial charge in [0.1, 0.15) is 0 Å². The summed E-state index contributed by atoms with van der Waals surface area (Å²) < 4.78 is 131. The minimum atomic E-state index is -6.73. The van der Waals surface area contributed by atoms with Crippen LogP contribution in [-0.2, 0) is 10.1 Å². The summed E-state index contributed by atoms with van der Waals surface area (Å²) in [4.78, 5) is 0. The zero-order valence-electron chi connectivity index (χ0n) is 13.4. The monoisotopic (exact) mass is 400 g/mol. The van der Waals surface area contributed by atoms with Crippen molar-refractivity contribution in [1.82, 2.24) is 0 Å². The molecule has 0 saturated carbocycles. The Kier molecular flexibility index (Phi) is 11.2. The van der Waals surface area contributed by atoms with Crippen molar-refractivity contribution < 1.29 is 67.0 Å². The van der Waals surface area contributed by atoms with Crippen molar-refractivity contribution in [3.05, 3.63) is 0 Å². The van der Waals surface area contributed by atoms with E-state index < -0.39 is 46.5 Å². The molecule has 0 aliphatic heterocycles. The minimum Gasteiger partial charge on any atom is -0.743 e. The normalized spacial score (nSPS) is 14.9. The van der Waals surface area contributed by atoms with Crippen LogP contribution < -0.4 is 18.9 Å². The number of halogens is 8. The van der Waals surface area contributed by atoms with Crippen LogP contribution in [0.5, 0.6) is 0 Å². The van der Waals surface area contributed by atoms with Crippen LogP contribution in [0.3, 0.4) is 0 Å². The van der Waals surface area contributed by atoms with Gasteiger partial charge >= 0.3 is 36.2 Å². The molecule has 0 rings (SSSR count). The zero-order valence-corrected chi connectivity index (χ0v) is 14.2. The van der Waals surface area contributed by atoms with Crippen molar-refractivity contribution in [2.75, 3.05) is 0 Å². The molecule has 0 aliphatic rings. The van der Waals surface area contributed by atoms with Crippen molar-refractivity contribution in [3.63, 3.8) is 0 Å². The summed E-state index contributed by atoms with van der Waals surface area (Å²) in [5.74, 6) is -5.65. The molecule has 146 valence electrons. The van der Waals surface area contributed by atoms with Crippen LogP contribution >= 0.6 is 0 Å². The van der Waals surface area contributed by atoms with Crippen LogP contribution in [0.25, 0.3) is 0 Å². The maximum Gasteiger partial charge on any atom is 1.00 e. The van der Waals surface area contributed by atoms with Crippen LogP contribution in [-0.4, -0.2) is 36.5 Å². The fourth-order valence-corrected chi connectivity index (χ4v) is 2.35. The Morgan fingerprint density at radius 3 is 1.60 bits per heavy atom. The van der Waals surface area contributed by atoms with Crippen LogP contribution in [0.2, 0.25) is 0 Å². The number of hydrogen-bond acceptors (Lipinski definition) is 3. The Bertz CT molecular complexity index is 481. The summed E-state index contributed by atoms with van der Waals surface area (Å²) in [5, 5.41) is -6.06. The van der Waals surface area contributed by atoms with Gasteiger partial charge in [-0.15, -0.1) is 0 Å². The van der Waals surface area contributed by atoms with E-state index in [2.05, 4.69) is 0 Å². The van der Waals surface area contributed by atoms with E-state index in [0.29, 0.717) is 6.42 Å². The standard InChI is InChI=1S/C12H18F8O3S.Li/c13-9(11(17,18)12(19,20)24(21,22)23)7-5-3-1-2-4-6-8-10(14,15)16;/h9H,1-8H2,(H,21,22,23);/q;+1/p-1. The van der Waals surface area contributed by atoms with Crippen LogP contribution in [0.4, 0.5) is 35.1 Å². The quantitative estimate of drug-likeness (QED) is 0.230. The molecule has 0 heterocycles. The van der Waals surface area contributed by atoms with E-state index >= 15 is 0 Å². The summed E-state index contributed by atoms with van der Waals surface area (Å²) in [6.07, 6.45) is -9.32. The summed E-state index contributed by atoms with van der Waals surface area (Å²) in [6.45, 7) is 0. The first-order valence-electron chi connectivity index (χ1n) is 7.05. The van der Waals surface area contributed by atoms with E-state index in [-0.39, 0.29) is 51.0 Å². The first-order chi connectivity index (χ1) is 10.6. The van der Waals surface area contributed by atoms with Gasteiger partial charge in [0.05, 0.1) is 0 Å². The Hall–Kier alpha value is -0.0526. The molecule has 13 heteroatoms. The van der Waals surface area contributed by atoms with E-state index in [1.54, 1.807) is 0 Å². The van der Waals surface area contributed by atoms with Gasteiger partial charge in [0, 0.05) is 6.42 Å². The molecule has 1 unspecified atom stereocenters. The van der Waals surface area contributed by atoms with Gasteiger partial charge in [-0.1, -0.05) is 32.1 Å². The Labute approximate surface area is 152 Å². The number of unbranched alkanes of at least 4 members (excludes halogenated alkanes) is 5. The van der Waals surface area contributed by atoms with Gasteiger partial charge < -0.3 is 4.55 Å². The van der Waals surface area contributed by atoms with Gasteiger partial charge in [0.2, 0.25) is 0 Å². The first kappa shape index (κ1) is 27.2. The van der Waals surface area contributed by atoms with Crippen molar-refractivity contribution >= 4 is 10.1 Å². The van der Waals surface area contributed by atoms with Crippen molar-refractivity contribution in [2.45, 2.75) is 74.9 Å². The van der Waals surface area contributed by atoms with Gasteiger partial charge in [-0.05, 0) is 12.8 Å². The van der Waals surface area contributed by atoms with Crippen molar-refractivity contribution in [3.8, 4) is 0 Å². The molecule has 0 bridgehead atoms. The smallest absolute Gasteiger partial charge is 0.743 e. The minimum absolute atomic E-state index is 0. The second-order valence-electron chi connectivity index (χ2n) is 5.34. The van der Waals surface area contributed by atoms with Crippen LogP contribution in [0.15, 0.2) is 0 Å². The fourth-order valence-electron chi connectivity index (χ4n) is 1.89. The summed E-state index contributed by atoms with van der Waals surface area (Å²) in [7, 11) is -6.73. The summed E-state index contributed by atoms with van der Waals surface area (Å²) in [5.41, 5.74) is 0. The van der Waals surface area contributed by atoms with Crippen molar-refractivity contribution in [1.29, 1.82) is 0 Å². The molecule has 0 aromatic rings. The predicted molar refractivity (Wildman–Crippen MR) is 67.5 cm³/mol. The molecular formula is C12H17F8LiO3S. The Morgan fingerprint density at radius 1 is 0.800 bits per heavy atom. The Balaban J connectivity index is 0. The molecule has 0 aliphatic carbocycles. The molecule has 25 heavy (non-hydrogen) atoms. The summed E-state index contributed by atoms with van der Waals surface area (Å²) in [6, 6.07) is 0. The molecule has 1 atom stereocenters. The molecule has 0 N–H and O–H groups in total. The summed E-state index contributed by atoms with van der Waals surface area (Å²) >= 11 is 0.